The van der Waals surface area contributed by atoms with Crippen LogP contribution in [-0.4, -0.2) is 369 Å². The minimum absolute atomic E-state index is 0.0464. The van der Waals surface area contributed by atoms with Crippen LogP contribution in [0.5, 0.6) is 0 Å². The summed E-state index contributed by atoms with van der Waals surface area (Å²) in [6.07, 6.45) is -51.5. The highest BCUT2D eigenvalue weighted by Crippen LogP contribution is 2.76. The van der Waals surface area contributed by atoms with Crippen LogP contribution >= 0.6 is 0 Å². The lowest BCUT2D eigenvalue weighted by molar-refractivity contribution is -0.384. The lowest BCUT2D eigenvalue weighted by atomic mass is 9.33. The largest absolute Gasteiger partial charge is 0.459 e. The molecule has 37 nitrogen and oxygen atoms in total. The Hall–Kier alpha value is -3.68. The Balaban J connectivity index is 0.778. The second kappa shape index (κ2) is 35.2. The second-order valence-electron chi connectivity index (χ2n) is 36.0. The molecule has 11 fully saturated rings. The molecule has 7 aliphatic heterocycles. The van der Waals surface area contributed by atoms with E-state index in [0.29, 0.717) is 38.5 Å². The molecule has 1 aromatic rings. The van der Waals surface area contributed by atoms with Gasteiger partial charge in [0.15, 0.2) is 43.8 Å². The van der Waals surface area contributed by atoms with Crippen LogP contribution in [0, 0.1) is 50.2 Å². The first-order chi connectivity index (χ1) is 54.7. The number of rotatable bonds is 21. The molecule has 0 spiro atoms. The van der Waals surface area contributed by atoms with Crippen LogP contribution < -0.4 is 0 Å². The molecule has 658 valence electrons. The highest BCUT2D eigenvalue weighted by atomic mass is 16.8. The van der Waals surface area contributed by atoms with Crippen LogP contribution in [0.25, 0.3) is 6.08 Å². The summed E-state index contributed by atoms with van der Waals surface area (Å²) in [5.41, 5.74) is -3.10. The van der Waals surface area contributed by atoms with Crippen molar-refractivity contribution in [2.45, 2.75) is 328 Å². The Labute approximate surface area is 670 Å². The van der Waals surface area contributed by atoms with E-state index in [9.17, 15) is 107 Å². The summed E-state index contributed by atoms with van der Waals surface area (Å²) in [5, 5.41) is 220. The zero-order valence-electron chi connectivity index (χ0n) is 66.0. The number of aliphatic hydroxyl groups excluding tert-OH is 20. The van der Waals surface area contributed by atoms with Crippen LogP contribution in [0.2, 0.25) is 0 Å². The maximum absolute atomic E-state index is 16.3. The summed E-state index contributed by atoms with van der Waals surface area (Å²) >= 11 is 0. The van der Waals surface area contributed by atoms with Gasteiger partial charge >= 0.3 is 11.9 Å². The van der Waals surface area contributed by atoms with Gasteiger partial charge in [-0.2, -0.15) is 0 Å². The molecule has 0 unspecified atom stereocenters. The number of aliphatic hydroxyl groups is 20. The van der Waals surface area contributed by atoms with Crippen molar-refractivity contribution >= 4 is 18.0 Å². The molecule has 42 atom stereocenters. The standard InChI is InChI=1S/C79H120O37/c1-32-47(86)62(112-67-59(98)54(93)50(89)38(26-80)106-67)61(100)69(105-32)115-65-56(95)52(91)40(28-82)108-72(65)116-73(101)79-23-22-77(7)34(35(79)24-74(2,3)45(25-79)110-46(85)17-14-33-12-10-9-11-13-33)15-16-43-76(6)20-19-44(75(4,5)42(76)18-21-78(43,77)8)111-71-64(114-68-60(99)55(94)51(90)39(27-81)107-68)57(96)53(92)41(109-71)31-104-70-63(49(88)37(84)30-103-70)113-66-58(97)48(87)36(83)29-102-66/h9-15,17,32,35-45,47-72,80-84,86-100H,16,18-31H2,1-8H3/t32-,35-,36+,37-,38+,39+,40+,41+,42-,43+,44-,45-,47-,48-,49-,50+,51+,52+,53+,54-,55-,56-,57-,58+,59+,60+,61+,62+,63+,64+,65+,66-,67-,68-,69-,70-,71-,72-,76-,77+,78+,79+/m0/s1. The molecule has 116 heavy (non-hydrogen) atoms. The molecule has 1 aromatic carbocycles. The second-order valence-corrected chi connectivity index (χ2v) is 36.0. The van der Waals surface area contributed by atoms with Crippen molar-refractivity contribution in [1.82, 2.24) is 0 Å². The topological polar surface area (TPSA) is 577 Å². The first-order valence-corrected chi connectivity index (χ1v) is 40.3. The third kappa shape index (κ3) is 16.4. The molecular weight excluding hydrogens is 1540 g/mol. The molecule has 13 rings (SSSR count). The van der Waals surface area contributed by atoms with Gasteiger partial charge in [0.2, 0.25) is 6.29 Å². The van der Waals surface area contributed by atoms with Crippen LogP contribution in [0.4, 0.5) is 0 Å². The molecule has 0 amide bonds. The van der Waals surface area contributed by atoms with Gasteiger partial charge in [-0.15, -0.1) is 0 Å². The first kappa shape index (κ1) is 90.1. The van der Waals surface area contributed by atoms with Gasteiger partial charge in [-0.3, -0.25) is 4.79 Å². The summed E-state index contributed by atoms with van der Waals surface area (Å²) < 4.78 is 91.4. The van der Waals surface area contributed by atoms with Crippen LogP contribution in [0.3, 0.4) is 0 Å². The molecule has 0 radical (unpaired) electrons. The van der Waals surface area contributed by atoms with Crippen molar-refractivity contribution in [3.63, 3.8) is 0 Å². The Bertz CT molecular complexity index is 3540. The molecule has 0 bridgehead atoms. The number of allylic oxidation sites excluding steroid dienone is 2. The first-order valence-electron chi connectivity index (χ1n) is 40.3. The van der Waals surface area contributed by atoms with E-state index in [0.717, 1.165) is 11.1 Å². The highest BCUT2D eigenvalue weighted by molar-refractivity contribution is 5.87. The molecule has 12 aliphatic rings. The number of hydrogen-bond donors (Lipinski definition) is 20. The maximum Gasteiger partial charge on any atom is 0.331 e. The lowest BCUT2D eigenvalue weighted by Crippen LogP contribution is -2.68. The van der Waals surface area contributed by atoms with Crippen LogP contribution in [0.15, 0.2) is 48.1 Å². The zero-order valence-corrected chi connectivity index (χ0v) is 66.0. The Morgan fingerprint density at radius 3 is 1.59 bits per heavy atom. The average Bonchev–Trinajstić information content (AvgIpc) is 0.672. The SMILES string of the molecule is C[C@@H]1O[C@@H](O[C@H]2[C@H](OC(=O)[C@@]34CC[C@]5(C)C(=CC[C@@H]6[C@@]7(C)CC[C@H](O[C@@H]8O[C@H](CO[C@@H]9OC[C@H](O)[C@H](O)[C@H]9O[C@@H]9OC[C@@H](O)[C@H](O)[C@H]9O)[C@@H](O)[C@H](O)[C@H]8O[C@@H]8O[C@H](CO)[C@@H](O)[C@H](O)[C@H]8O)C(C)(C)[C@@H]7CC[C@]65C)[C@@H]3CC(C)(C)[C@@H](OC(=O)C=Cc3ccccc3)C4)O[C@H](CO)[C@@H](O)[C@@H]2O)[C@H](O)[C@H](O[C@@H]2O[C@H](CO)[C@@H](O)[C@H](O)[C@H]2O)[C@H]1O. The molecular formula is C79H120O37. The van der Waals surface area contributed by atoms with Gasteiger partial charge in [0, 0.05) is 17.9 Å². The minimum atomic E-state index is -2.06. The highest BCUT2D eigenvalue weighted by Gasteiger charge is 2.72. The fourth-order valence-electron chi connectivity index (χ4n) is 21.3. The van der Waals surface area contributed by atoms with Crippen molar-refractivity contribution in [3.8, 4) is 0 Å². The fraction of sp³-hybridized carbons (Fsp3) is 0.848. The van der Waals surface area contributed by atoms with Gasteiger partial charge in [0.1, 0.15) is 153 Å². The average molecular weight is 1660 g/mol. The molecule has 4 saturated carbocycles. The van der Waals surface area contributed by atoms with E-state index in [1.807, 2.05) is 44.2 Å². The quantitative estimate of drug-likeness (QED) is 0.0237. The fourth-order valence-corrected chi connectivity index (χ4v) is 21.3. The van der Waals surface area contributed by atoms with Crippen molar-refractivity contribution in [2.75, 3.05) is 39.6 Å². The van der Waals surface area contributed by atoms with E-state index in [1.54, 1.807) is 6.08 Å². The number of carbonyl (C=O) groups excluding carboxylic acids is 2. The normalized spacial score (nSPS) is 50.8. The summed E-state index contributed by atoms with van der Waals surface area (Å²) in [6.45, 7) is 12.1. The molecule has 7 saturated heterocycles. The van der Waals surface area contributed by atoms with E-state index in [4.69, 9.17) is 71.1 Å². The molecule has 5 aliphatic carbocycles. The molecule has 0 aromatic heterocycles. The van der Waals surface area contributed by atoms with Gasteiger partial charge in [-0.25, -0.2) is 4.79 Å². The number of esters is 2. The molecule has 20 N–H and O–H groups in total. The summed E-state index contributed by atoms with van der Waals surface area (Å²) in [5.74, 6) is -2.37. The number of carbonyl (C=O) groups is 2. The van der Waals surface area contributed by atoms with Crippen molar-refractivity contribution in [3.05, 3.63) is 53.6 Å². The number of hydrogen-bond acceptors (Lipinski definition) is 37. The number of fused-ring (bicyclic) bond motifs is 7. The zero-order chi connectivity index (χ0) is 84.1. The van der Waals surface area contributed by atoms with E-state index in [-0.39, 0.29) is 31.1 Å². The van der Waals surface area contributed by atoms with E-state index >= 15 is 4.79 Å². The smallest absolute Gasteiger partial charge is 0.331 e. The van der Waals surface area contributed by atoms with Gasteiger partial charge < -0.3 is 173 Å². The van der Waals surface area contributed by atoms with Gasteiger partial charge in [0.05, 0.1) is 57.3 Å². The summed E-state index contributed by atoms with van der Waals surface area (Å²) in [6, 6.07) is 9.09. The van der Waals surface area contributed by atoms with Crippen LogP contribution in [0.1, 0.15) is 119 Å². The third-order valence-electron chi connectivity index (χ3n) is 28.5. The van der Waals surface area contributed by atoms with Gasteiger partial charge in [-0.05, 0) is 109 Å². The third-order valence-corrected chi connectivity index (χ3v) is 28.5. The van der Waals surface area contributed by atoms with Crippen LogP contribution in [-0.2, 0) is 80.6 Å². The Morgan fingerprint density at radius 2 is 0.983 bits per heavy atom. The van der Waals surface area contributed by atoms with Gasteiger partial charge in [-0.1, -0.05) is 90.4 Å². The van der Waals surface area contributed by atoms with E-state index < -0.39 is 305 Å². The summed E-state index contributed by atoms with van der Waals surface area (Å²) in [7, 11) is 0. The van der Waals surface area contributed by atoms with Gasteiger partial charge in [0.25, 0.3) is 0 Å². The summed E-state index contributed by atoms with van der Waals surface area (Å²) in [4.78, 5) is 30.4. The number of benzene rings is 1. The van der Waals surface area contributed by atoms with Crippen molar-refractivity contribution in [1.29, 1.82) is 0 Å². The van der Waals surface area contributed by atoms with E-state index in [1.165, 1.54) is 13.0 Å². The predicted molar refractivity (Wildman–Crippen MR) is 388 cm³/mol. The van der Waals surface area contributed by atoms with Crippen molar-refractivity contribution in [2.24, 2.45) is 50.2 Å². The maximum atomic E-state index is 16.3. The minimum Gasteiger partial charge on any atom is -0.459 e. The van der Waals surface area contributed by atoms with Crippen molar-refractivity contribution < 1.29 is 183 Å². The lowest BCUT2D eigenvalue weighted by Gasteiger charge is -2.71. The monoisotopic (exact) mass is 1660 g/mol. The number of ether oxygens (including phenoxy) is 15. The Morgan fingerprint density at radius 1 is 0.466 bits per heavy atom. The molecule has 7 heterocycles. The van der Waals surface area contributed by atoms with E-state index in [2.05, 4.69) is 40.7 Å². The predicted octanol–water partition coefficient (Wildman–Crippen LogP) is -5.02. The Kier molecular flexibility index (Phi) is 27.3. The molecule has 37 heteroatoms.